The molecular weight excluding hydrogens is 270 g/mol. The van der Waals surface area contributed by atoms with Gasteiger partial charge in [0, 0.05) is 12.5 Å². The minimum atomic E-state index is 0.522. The molecule has 4 aromatic rings. The molecule has 0 unspecified atom stereocenters. The first-order valence-corrected chi connectivity index (χ1v) is 6.86. The summed E-state index contributed by atoms with van der Waals surface area (Å²) in [5.41, 5.74) is 1.81. The zero-order chi connectivity index (χ0) is 14.2. The third-order valence-corrected chi connectivity index (χ3v) is 3.23. The fourth-order valence-corrected chi connectivity index (χ4v) is 2.17. The molecular formula is C13H13N7O. The maximum absolute atomic E-state index is 5.29. The Bertz CT molecular complexity index is 890. The van der Waals surface area contributed by atoms with Gasteiger partial charge in [0.1, 0.15) is 6.33 Å². The minimum absolute atomic E-state index is 0.522. The first kappa shape index (κ1) is 12.0. The molecule has 0 fully saturated rings. The molecule has 0 aromatic carbocycles. The van der Waals surface area contributed by atoms with Crippen molar-refractivity contribution in [3.05, 3.63) is 30.5 Å². The topological polar surface area (TPSA) is 86.9 Å². The second kappa shape index (κ2) is 4.65. The first-order chi connectivity index (χ1) is 10.3. The van der Waals surface area contributed by atoms with E-state index in [1.165, 1.54) is 4.80 Å². The molecule has 0 atom stereocenters. The summed E-state index contributed by atoms with van der Waals surface area (Å²) < 4.78 is 6.93. The monoisotopic (exact) mass is 283 g/mol. The van der Waals surface area contributed by atoms with Gasteiger partial charge in [-0.2, -0.15) is 4.52 Å². The Kier molecular flexibility index (Phi) is 2.66. The lowest BCUT2D eigenvalue weighted by atomic mass is 10.2. The van der Waals surface area contributed by atoms with Gasteiger partial charge in [0.15, 0.2) is 17.0 Å². The summed E-state index contributed by atoms with van der Waals surface area (Å²) in [4.78, 5) is 10.2. The van der Waals surface area contributed by atoms with Crippen molar-refractivity contribution in [1.82, 2.24) is 34.6 Å². The molecule has 8 heteroatoms. The Hall–Kier alpha value is -2.77. The summed E-state index contributed by atoms with van der Waals surface area (Å²) in [6.07, 6.45) is 6.21. The predicted octanol–water partition coefficient (Wildman–Crippen LogP) is 1.79. The Morgan fingerprint density at radius 1 is 1.24 bits per heavy atom. The average Bonchev–Trinajstić information content (AvgIpc) is 3.20. The minimum Gasteiger partial charge on any atom is -0.445 e. The zero-order valence-electron chi connectivity index (χ0n) is 11.5. The smallest absolute Gasteiger partial charge is 0.238 e. The number of rotatable bonds is 4. The molecule has 0 spiro atoms. The van der Waals surface area contributed by atoms with E-state index in [2.05, 4.69) is 32.2 Å². The van der Waals surface area contributed by atoms with Crippen LogP contribution in [0.5, 0.6) is 0 Å². The maximum atomic E-state index is 5.29. The van der Waals surface area contributed by atoms with Crippen LogP contribution in [0, 0.1) is 0 Å². The summed E-state index contributed by atoms with van der Waals surface area (Å²) in [6.45, 7) is 2.14. The van der Waals surface area contributed by atoms with E-state index in [9.17, 15) is 0 Å². The van der Waals surface area contributed by atoms with Crippen molar-refractivity contribution in [1.29, 1.82) is 0 Å². The van der Waals surface area contributed by atoms with Crippen molar-refractivity contribution in [2.75, 3.05) is 0 Å². The third-order valence-electron chi connectivity index (χ3n) is 3.23. The highest BCUT2D eigenvalue weighted by atomic mass is 16.3. The molecule has 4 rings (SSSR count). The Balaban J connectivity index is 1.86. The van der Waals surface area contributed by atoms with Gasteiger partial charge in [-0.05, 0) is 12.5 Å². The average molecular weight is 283 g/mol. The second-order valence-electron chi connectivity index (χ2n) is 4.76. The zero-order valence-corrected chi connectivity index (χ0v) is 11.5. The number of hydrogen-bond acceptors (Lipinski definition) is 6. The van der Waals surface area contributed by atoms with Crippen molar-refractivity contribution >= 4 is 16.8 Å². The van der Waals surface area contributed by atoms with E-state index in [0.717, 1.165) is 25.1 Å². The number of aromatic nitrogens is 7. The van der Waals surface area contributed by atoms with Gasteiger partial charge in [-0.1, -0.05) is 13.3 Å². The summed E-state index contributed by atoms with van der Waals surface area (Å²) in [6, 6.07) is 3.57. The number of aryl methyl sites for hydroxylation is 1. The van der Waals surface area contributed by atoms with E-state index in [-0.39, 0.29) is 0 Å². The summed E-state index contributed by atoms with van der Waals surface area (Å²) in [5.74, 6) is 1.34. The van der Waals surface area contributed by atoms with E-state index >= 15 is 0 Å². The molecule has 0 N–H and O–H groups in total. The number of furan rings is 1. The van der Waals surface area contributed by atoms with Gasteiger partial charge >= 0.3 is 0 Å². The Morgan fingerprint density at radius 2 is 2.19 bits per heavy atom. The molecule has 21 heavy (non-hydrogen) atoms. The molecule has 0 saturated carbocycles. The van der Waals surface area contributed by atoms with Crippen molar-refractivity contribution in [3.8, 4) is 5.88 Å². The van der Waals surface area contributed by atoms with E-state index in [0.29, 0.717) is 22.7 Å². The highest BCUT2D eigenvalue weighted by Crippen LogP contribution is 2.15. The fraction of sp³-hybridized carbons (Fsp3) is 0.308. The lowest BCUT2D eigenvalue weighted by Gasteiger charge is -1.89. The van der Waals surface area contributed by atoms with Crippen LogP contribution in [-0.4, -0.2) is 34.6 Å². The van der Waals surface area contributed by atoms with E-state index in [1.807, 2.05) is 0 Å². The largest absolute Gasteiger partial charge is 0.445 e. The van der Waals surface area contributed by atoms with Crippen LogP contribution in [0.25, 0.3) is 22.7 Å². The molecule has 106 valence electrons. The van der Waals surface area contributed by atoms with Crippen LogP contribution in [0.4, 0.5) is 0 Å². The molecule has 0 bridgehead atoms. The molecule has 0 aliphatic rings. The van der Waals surface area contributed by atoms with Crippen LogP contribution < -0.4 is 0 Å². The molecule has 0 aliphatic carbocycles. The Labute approximate surface area is 119 Å². The lowest BCUT2D eigenvalue weighted by Crippen LogP contribution is -1.95. The molecule has 4 aromatic heterocycles. The van der Waals surface area contributed by atoms with Gasteiger partial charge in [0.2, 0.25) is 11.5 Å². The van der Waals surface area contributed by atoms with Gasteiger partial charge in [0.25, 0.3) is 0 Å². The van der Waals surface area contributed by atoms with Crippen LogP contribution in [0.15, 0.2) is 29.1 Å². The summed E-state index contributed by atoms with van der Waals surface area (Å²) in [7, 11) is 0. The standard InChI is InChI=1S/C13H13N7O/c1-2-3-5-9-15-13-11-12(14-8-19(13)16-9)18-20(17-11)10-6-4-7-21-10/h4,6-8H,2-3,5H2,1H3. The van der Waals surface area contributed by atoms with Gasteiger partial charge in [-0.15, -0.1) is 20.1 Å². The quantitative estimate of drug-likeness (QED) is 0.567. The fourth-order valence-electron chi connectivity index (χ4n) is 2.17. The molecule has 8 nitrogen and oxygen atoms in total. The normalized spacial score (nSPS) is 11.7. The molecule has 0 saturated heterocycles. The van der Waals surface area contributed by atoms with Crippen LogP contribution in [-0.2, 0) is 6.42 Å². The Morgan fingerprint density at radius 3 is 3.00 bits per heavy atom. The number of nitrogens with zero attached hydrogens (tertiary/aromatic N) is 7. The highest BCUT2D eigenvalue weighted by Gasteiger charge is 2.14. The number of unbranched alkanes of at least 4 members (excludes halogenated alkanes) is 1. The third kappa shape index (κ3) is 1.95. The molecule has 0 radical (unpaired) electrons. The first-order valence-electron chi connectivity index (χ1n) is 6.86. The van der Waals surface area contributed by atoms with E-state index < -0.39 is 0 Å². The highest BCUT2D eigenvalue weighted by molar-refractivity contribution is 5.83. The van der Waals surface area contributed by atoms with Crippen molar-refractivity contribution < 1.29 is 4.42 Å². The molecule has 0 aliphatic heterocycles. The number of fused-ring (bicyclic) bond motifs is 3. The molecule has 0 amide bonds. The van der Waals surface area contributed by atoms with Gasteiger partial charge < -0.3 is 4.42 Å². The van der Waals surface area contributed by atoms with Crippen LogP contribution in [0.1, 0.15) is 25.6 Å². The summed E-state index contributed by atoms with van der Waals surface area (Å²) in [5, 5.41) is 13.1. The number of hydrogen-bond donors (Lipinski definition) is 0. The predicted molar refractivity (Wildman–Crippen MR) is 74.1 cm³/mol. The summed E-state index contributed by atoms with van der Waals surface area (Å²) >= 11 is 0. The van der Waals surface area contributed by atoms with Crippen LogP contribution >= 0.6 is 0 Å². The molecule has 4 heterocycles. The van der Waals surface area contributed by atoms with Crippen molar-refractivity contribution in [2.24, 2.45) is 0 Å². The van der Waals surface area contributed by atoms with E-state index in [4.69, 9.17) is 4.42 Å². The lowest BCUT2D eigenvalue weighted by molar-refractivity contribution is 0.502. The van der Waals surface area contributed by atoms with Crippen LogP contribution in [0.3, 0.4) is 0 Å². The van der Waals surface area contributed by atoms with Crippen LogP contribution in [0.2, 0.25) is 0 Å². The van der Waals surface area contributed by atoms with Crippen molar-refractivity contribution in [3.63, 3.8) is 0 Å². The van der Waals surface area contributed by atoms with Crippen molar-refractivity contribution in [2.45, 2.75) is 26.2 Å². The second-order valence-corrected chi connectivity index (χ2v) is 4.76. The maximum Gasteiger partial charge on any atom is 0.238 e. The van der Waals surface area contributed by atoms with E-state index in [1.54, 1.807) is 29.2 Å². The van der Waals surface area contributed by atoms with Gasteiger partial charge in [0.05, 0.1) is 6.26 Å². The SMILES string of the molecule is CCCCc1nc2c3nn(-c4ccco4)nc3ncn2n1. The van der Waals surface area contributed by atoms with Gasteiger partial charge in [-0.25, -0.2) is 9.97 Å². The van der Waals surface area contributed by atoms with Gasteiger partial charge in [-0.3, -0.25) is 0 Å².